The van der Waals surface area contributed by atoms with Crippen molar-refractivity contribution in [3.63, 3.8) is 0 Å². The molecule has 2 heterocycles. The maximum atomic E-state index is 12.0. The van der Waals surface area contributed by atoms with Gasteiger partial charge in [-0.2, -0.15) is 0 Å². The van der Waals surface area contributed by atoms with E-state index in [-0.39, 0.29) is 29.1 Å². The second-order valence-electron chi connectivity index (χ2n) is 7.08. The number of fused-ring (bicyclic) bond motifs is 1. The fourth-order valence-corrected chi connectivity index (χ4v) is 3.82. The molecular weight excluding hydrogens is 384 g/mol. The van der Waals surface area contributed by atoms with E-state index in [0.717, 1.165) is 17.0 Å². The van der Waals surface area contributed by atoms with Crippen molar-refractivity contribution in [2.45, 2.75) is 12.8 Å². The normalized spacial score (nSPS) is 14.5. The van der Waals surface area contributed by atoms with Crippen LogP contribution in [0, 0.1) is 16.0 Å². The summed E-state index contributed by atoms with van der Waals surface area (Å²) in [6.07, 6.45) is 3.53. The lowest BCUT2D eigenvalue weighted by molar-refractivity contribution is -0.383. The van der Waals surface area contributed by atoms with Crippen LogP contribution in [0.4, 0.5) is 11.5 Å². The van der Waals surface area contributed by atoms with Gasteiger partial charge in [0.15, 0.2) is 5.69 Å². The Kier molecular flexibility index (Phi) is 5.38. The molecule has 0 spiro atoms. The molecule has 0 N–H and O–H groups in total. The number of carbonyl (C=O) groups is 1. The summed E-state index contributed by atoms with van der Waals surface area (Å²) in [5, 5.41) is 14.0. The molecule has 3 aromatic rings. The largest absolute Gasteiger partial charge is 0.435 e. The number of hydrogen-bond donors (Lipinski definition) is 0. The maximum Gasteiger partial charge on any atom is 0.337 e. The molecule has 0 bridgehead atoms. The number of nitro groups is 1. The van der Waals surface area contributed by atoms with E-state index in [1.807, 2.05) is 47.4 Å². The third kappa shape index (κ3) is 3.71. The highest BCUT2D eigenvalue weighted by Gasteiger charge is 2.32. The molecule has 1 aliphatic rings. The Morgan fingerprint density at radius 1 is 1.17 bits per heavy atom. The van der Waals surface area contributed by atoms with Crippen LogP contribution in [0.2, 0.25) is 0 Å². The Hall–Kier alpha value is -3.81. The topological polar surface area (TPSA) is 98.5 Å². The molecule has 0 atom stereocenters. The van der Waals surface area contributed by atoms with Crippen LogP contribution in [0.1, 0.15) is 12.8 Å². The maximum absolute atomic E-state index is 12.0. The van der Waals surface area contributed by atoms with Gasteiger partial charge in [-0.15, -0.1) is 0 Å². The fraction of sp³-hybridized carbons (Fsp3) is 0.227. The molecule has 0 aliphatic carbocycles. The van der Waals surface area contributed by atoms with Gasteiger partial charge in [0, 0.05) is 18.7 Å². The van der Waals surface area contributed by atoms with Crippen molar-refractivity contribution in [2.24, 2.45) is 5.92 Å². The van der Waals surface area contributed by atoms with Crippen LogP contribution in [0.15, 0.2) is 61.6 Å². The van der Waals surface area contributed by atoms with Gasteiger partial charge >= 0.3 is 11.7 Å². The lowest BCUT2D eigenvalue weighted by Gasteiger charge is -2.31. The van der Waals surface area contributed by atoms with Gasteiger partial charge in [-0.25, -0.2) is 9.97 Å². The summed E-state index contributed by atoms with van der Waals surface area (Å²) in [7, 11) is 0. The lowest BCUT2D eigenvalue weighted by Crippen LogP contribution is -2.37. The van der Waals surface area contributed by atoms with E-state index in [9.17, 15) is 14.9 Å². The van der Waals surface area contributed by atoms with Crippen molar-refractivity contribution in [3.05, 3.63) is 71.7 Å². The number of piperidine rings is 1. The van der Waals surface area contributed by atoms with E-state index in [0.29, 0.717) is 31.5 Å². The zero-order valence-corrected chi connectivity index (χ0v) is 16.2. The van der Waals surface area contributed by atoms with Gasteiger partial charge in [-0.1, -0.05) is 43.0 Å². The molecule has 2 aromatic carbocycles. The highest BCUT2D eigenvalue weighted by Crippen LogP contribution is 2.37. The predicted octanol–water partition coefficient (Wildman–Crippen LogP) is 4.11. The van der Waals surface area contributed by atoms with Gasteiger partial charge in [-0.3, -0.25) is 14.9 Å². The number of benzene rings is 2. The van der Waals surface area contributed by atoms with E-state index in [2.05, 4.69) is 16.5 Å². The standard InChI is InChI=1S/C22H20N4O4/c1-2-30-22(27)16-9-11-25(12-10-16)21-20(26(28)29)19(23-14-24-21)18-8-7-15-5-3-4-6-17(15)13-18/h2-8,13-14,16H,1,9-12H2. The van der Waals surface area contributed by atoms with E-state index in [1.165, 1.54) is 6.33 Å². The second kappa shape index (κ2) is 8.28. The van der Waals surface area contributed by atoms with Gasteiger partial charge in [0.05, 0.1) is 17.1 Å². The summed E-state index contributed by atoms with van der Waals surface area (Å²) >= 11 is 0. The lowest BCUT2D eigenvalue weighted by atomic mass is 9.97. The summed E-state index contributed by atoms with van der Waals surface area (Å²) in [4.78, 5) is 33.8. The number of carbonyl (C=O) groups excluding carboxylic acids is 1. The van der Waals surface area contributed by atoms with Crippen molar-refractivity contribution in [1.29, 1.82) is 0 Å². The van der Waals surface area contributed by atoms with Gasteiger partial charge < -0.3 is 9.64 Å². The Morgan fingerprint density at radius 2 is 1.90 bits per heavy atom. The van der Waals surface area contributed by atoms with Gasteiger partial charge in [0.25, 0.3) is 0 Å². The predicted molar refractivity (Wildman–Crippen MR) is 113 cm³/mol. The zero-order valence-electron chi connectivity index (χ0n) is 16.2. The molecule has 8 nitrogen and oxygen atoms in total. The van der Waals surface area contributed by atoms with E-state index < -0.39 is 4.92 Å². The molecule has 8 heteroatoms. The molecule has 0 amide bonds. The van der Waals surface area contributed by atoms with Gasteiger partial charge in [0.1, 0.15) is 6.33 Å². The quantitative estimate of drug-likeness (QED) is 0.273. The molecule has 1 saturated heterocycles. The summed E-state index contributed by atoms with van der Waals surface area (Å²) in [6.45, 7) is 4.33. The van der Waals surface area contributed by atoms with Crippen LogP contribution < -0.4 is 4.90 Å². The van der Waals surface area contributed by atoms with Crippen LogP contribution in [0.25, 0.3) is 22.0 Å². The number of esters is 1. The Balaban J connectivity index is 1.68. The molecule has 0 saturated carbocycles. The number of anilines is 1. The molecule has 30 heavy (non-hydrogen) atoms. The average Bonchev–Trinajstić information content (AvgIpc) is 2.78. The third-order valence-corrected chi connectivity index (χ3v) is 5.34. The Morgan fingerprint density at radius 3 is 2.60 bits per heavy atom. The first kappa shape index (κ1) is 19.5. The van der Waals surface area contributed by atoms with Crippen LogP contribution >= 0.6 is 0 Å². The van der Waals surface area contributed by atoms with E-state index in [4.69, 9.17) is 4.74 Å². The van der Waals surface area contributed by atoms with E-state index in [1.54, 1.807) is 0 Å². The Labute approximate surface area is 173 Å². The molecule has 4 rings (SSSR count). The molecule has 152 valence electrons. The van der Waals surface area contributed by atoms with E-state index >= 15 is 0 Å². The molecule has 1 fully saturated rings. The first-order chi connectivity index (χ1) is 14.6. The summed E-state index contributed by atoms with van der Waals surface area (Å²) in [5.74, 6) is -0.299. The monoisotopic (exact) mass is 404 g/mol. The molecule has 0 unspecified atom stereocenters. The second-order valence-corrected chi connectivity index (χ2v) is 7.08. The molecule has 0 radical (unpaired) electrons. The summed E-state index contributed by atoms with van der Waals surface area (Å²) in [6, 6.07) is 13.5. The summed E-state index contributed by atoms with van der Waals surface area (Å²) in [5.41, 5.74) is 0.817. The number of nitrogens with zero attached hydrogens (tertiary/aromatic N) is 4. The van der Waals surface area contributed by atoms with Crippen LogP contribution in [-0.4, -0.2) is 34.0 Å². The minimum Gasteiger partial charge on any atom is -0.435 e. The summed E-state index contributed by atoms with van der Waals surface area (Å²) < 4.78 is 4.87. The highest BCUT2D eigenvalue weighted by molar-refractivity contribution is 5.89. The van der Waals surface area contributed by atoms with Crippen molar-refractivity contribution in [2.75, 3.05) is 18.0 Å². The fourth-order valence-electron chi connectivity index (χ4n) is 3.82. The highest BCUT2D eigenvalue weighted by atomic mass is 16.6. The van der Waals surface area contributed by atoms with Crippen LogP contribution in [-0.2, 0) is 9.53 Å². The number of hydrogen-bond acceptors (Lipinski definition) is 7. The first-order valence-corrected chi connectivity index (χ1v) is 9.63. The number of aromatic nitrogens is 2. The first-order valence-electron chi connectivity index (χ1n) is 9.63. The molecule has 1 aromatic heterocycles. The molecular formula is C22H20N4O4. The van der Waals surface area contributed by atoms with Crippen LogP contribution in [0.5, 0.6) is 0 Å². The Bertz CT molecular complexity index is 1120. The van der Waals surface area contributed by atoms with Crippen molar-refractivity contribution in [1.82, 2.24) is 9.97 Å². The van der Waals surface area contributed by atoms with Gasteiger partial charge in [0.2, 0.25) is 5.82 Å². The number of rotatable bonds is 5. The van der Waals surface area contributed by atoms with Crippen molar-refractivity contribution in [3.8, 4) is 11.3 Å². The minimum atomic E-state index is -0.433. The smallest absolute Gasteiger partial charge is 0.337 e. The van der Waals surface area contributed by atoms with Gasteiger partial charge in [-0.05, 0) is 29.7 Å². The average molecular weight is 404 g/mol. The third-order valence-electron chi connectivity index (χ3n) is 5.34. The SMILES string of the molecule is C=COC(=O)C1CCN(c2ncnc(-c3ccc4ccccc4c3)c2[N+](=O)[O-])CC1. The van der Waals surface area contributed by atoms with Crippen molar-refractivity contribution < 1.29 is 14.5 Å². The minimum absolute atomic E-state index is 0.125. The zero-order chi connectivity index (χ0) is 21.1. The molecule has 1 aliphatic heterocycles. The van der Waals surface area contributed by atoms with Crippen molar-refractivity contribution >= 4 is 28.2 Å². The number of ether oxygens (including phenoxy) is 1. The van der Waals surface area contributed by atoms with Crippen LogP contribution in [0.3, 0.4) is 0 Å².